The molecule has 1 saturated heterocycles. The highest BCUT2D eigenvalue weighted by Gasteiger charge is 2.23. The van der Waals surface area contributed by atoms with E-state index >= 15 is 0 Å². The third-order valence-electron chi connectivity index (χ3n) is 3.20. The van der Waals surface area contributed by atoms with Crippen molar-refractivity contribution in [3.05, 3.63) is 0 Å². The van der Waals surface area contributed by atoms with Gasteiger partial charge < -0.3 is 10.1 Å². The molecule has 1 fully saturated rings. The summed E-state index contributed by atoms with van der Waals surface area (Å²) in [6.07, 6.45) is 5.25. The lowest BCUT2D eigenvalue weighted by atomic mass is 9.93. The van der Waals surface area contributed by atoms with Gasteiger partial charge in [0.25, 0.3) is 0 Å². The monoisotopic (exact) mass is 199 g/mol. The molecular weight excluding hydrogens is 174 g/mol. The predicted molar refractivity (Wildman–Crippen MR) is 60.5 cm³/mol. The average molecular weight is 199 g/mol. The number of hydrogen-bond donors (Lipinski definition) is 1. The Morgan fingerprint density at radius 1 is 1.36 bits per heavy atom. The van der Waals surface area contributed by atoms with Crippen molar-refractivity contribution >= 4 is 0 Å². The van der Waals surface area contributed by atoms with Crippen LogP contribution in [0.25, 0.3) is 0 Å². The minimum absolute atomic E-state index is 0.677. The molecule has 1 heterocycles. The summed E-state index contributed by atoms with van der Waals surface area (Å²) in [6.45, 7) is 6.53. The van der Waals surface area contributed by atoms with Crippen molar-refractivity contribution in [1.82, 2.24) is 5.32 Å². The summed E-state index contributed by atoms with van der Waals surface area (Å²) in [4.78, 5) is 0. The first-order valence-electron chi connectivity index (χ1n) is 5.99. The van der Waals surface area contributed by atoms with Crippen LogP contribution in [-0.4, -0.2) is 26.3 Å². The molecule has 0 aromatic carbocycles. The number of ether oxygens (including phenoxy) is 1. The van der Waals surface area contributed by atoms with E-state index in [9.17, 15) is 0 Å². The average Bonchev–Trinajstić information content (AvgIpc) is 2.64. The Bertz CT molecular complexity index is 141. The molecule has 2 heteroatoms. The third-order valence-corrected chi connectivity index (χ3v) is 3.20. The van der Waals surface area contributed by atoms with Crippen molar-refractivity contribution in [2.24, 2.45) is 11.8 Å². The van der Waals surface area contributed by atoms with Crippen molar-refractivity contribution in [2.75, 3.05) is 20.3 Å². The van der Waals surface area contributed by atoms with Gasteiger partial charge in [-0.3, -0.25) is 0 Å². The molecule has 0 saturated carbocycles. The second-order valence-corrected chi connectivity index (χ2v) is 4.84. The molecule has 2 atom stereocenters. The van der Waals surface area contributed by atoms with Gasteiger partial charge >= 0.3 is 0 Å². The van der Waals surface area contributed by atoms with Crippen LogP contribution in [-0.2, 0) is 4.74 Å². The molecule has 1 rings (SSSR count). The molecule has 0 aromatic rings. The van der Waals surface area contributed by atoms with Crippen LogP contribution in [0.15, 0.2) is 0 Å². The predicted octanol–water partition coefficient (Wildman–Crippen LogP) is 2.44. The SMILES string of the molecule is CNC(CCCC(C)C)C1CCOC1. The van der Waals surface area contributed by atoms with E-state index in [1.807, 2.05) is 0 Å². The molecular formula is C12H25NO. The van der Waals surface area contributed by atoms with Crippen LogP contribution in [0.1, 0.15) is 39.5 Å². The molecule has 2 unspecified atom stereocenters. The summed E-state index contributed by atoms with van der Waals surface area (Å²) in [5.74, 6) is 1.60. The van der Waals surface area contributed by atoms with Crippen LogP contribution in [0.2, 0.25) is 0 Å². The maximum absolute atomic E-state index is 5.43. The van der Waals surface area contributed by atoms with Gasteiger partial charge in [0.1, 0.15) is 0 Å². The molecule has 14 heavy (non-hydrogen) atoms. The third kappa shape index (κ3) is 3.97. The van der Waals surface area contributed by atoms with Crippen LogP contribution in [0.5, 0.6) is 0 Å². The highest BCUT2D eigenvalue weighted by molar-refractivity contribution is 4.78. The number of rotatable bonds is 6. The van der Waals surface area contributed by atoms with E-state index in [4.69, 9.17) is 4.74 Å². The first-order chi connectivity index (χ1) is 6.74. The standard InChI is InChI=1S/C12H25NO/c1-10(2)5-4-6-12(13-3)11-7-8-14-9-11/h10-13H,4-9H2,1-3H3. The lowest BCUT2D eigenvalue weighted by Gasteiger charge is -2.22. The van der Waals surface area contributed by atoms with Gasteiger partial charge in [-0.05, 0) is 31.7 Å². The van der Waals surface area contributed by atoms with Crippen LogP contribution < -0.4 is 5.32 Å². The Hall–Kier alpha value is -0.0800. The van der Waals surface area contributed by atoms with Crippen LogP contribution >= 0.6 is 0 Å². The Balaban J connectivity index is 2.17. The zero-order valence-corrected chi connectivity index (χ0v) is 9.88. The Morgan fingerprint density at radius 3 is 2.64 bits per heavy atom. The fourth-order valence-electron chi connectivity index (χ4n) is 2.23. The van der Waals surface area contributed by atoms with E-state index in [-0.39, 0.29) is 0 Å². The molecule has 0 spiro atoms. The maximum atomic E-state index is 5.43. The minimum atomic E-state index is 0.677. The van der Waals surface area contributed by atoms with Gasteiger partial charge in [0.15, 0.2) is 0 Å². The van der Waals surface area contributed by atoms with Gasteiger partial charge in [0.2, 0.25) is 0 Å². The molecule has 0 bridgehead atoms. The van der Waals surface area contributed by atoms with Gasteiger partial charge in [-0.2, -0.15) is 0 Å². The first kappa shape index (κ1) is 12.0. The lowest BCUT2D eigenvalue weighted by molar-refractivity contribution is 0.175. The molecule has 1 N–H and O–H groups in total. The summed E-state index contributed by atoms with van der Waals surface area (Å²) in [5.41, 5.74) is 0. The fourth-order valence-corrected chi connectivity index (χ4v) is 2.23. The fraction of sp³-hybridized carbons (Fsp3) is 1.00. The number of hydrogen-bond acceptors (Lipinski definition) is 2. The molecule has 1 aliphatic rings. The maximum Gasteiger partial charge on any atom is 0.0509 e. The summed E-state index contributed by atoms with van der Waals surface area (Å²) in [6, 6.07) is 0.677. The molecule has 0 aliphatic carbocycles. The van der Waals surface area contributed by atoms with Crippen molar-refractivity contribution in [3.63, 3.8) is 0 Å². The summed E-state index contributed by atoms with van der Waals surface area (Å²) in [7, 11) is 2.08. The zero-order chi connectivity index (χ0) is 10.4. The van der Waals surface area contributed by atoms with E-state index in [0.717, 1.165) is 25.0 Å². The van der Waals surface area contributed by atoms with Crippen molar-refractivity contribution in [2.45, 2.75) is 45.6 Å². The second-order valence-electron chi connectivity index (χ2n) is 4.84. The van der Waals surface area contributed by atoms with E-state index in [0.29, 0.717) is 6.04 Å². The van der Waals surface area contributed by atoms with Gasteiger partial charge in [-0.25, -0.2) is 0 Å². The summed E-state index contributed by atoms with van der Waals surface area (Å²) >= 11 is 0. The quantitative estimate of drug-likeness (QED) is 0.709. The van der Waals surface area contributed by atoms with Crippen LogP contribution in [0.4, 0.5) is 0 Å². The van der Waals surface area contributed by atoms with Gasteiger partial charge in [0, 0.05) is 12.6 Å². The van der Waals surface area contributed by atoms with Crippen molar-refractivity contribution in [1.29, 1.82) is 0 Å². The highest BCUT2D eigenvalue weighted by Crippen LogP contribution is 2.21. The molecule has 0 aromatic heterocycles. The van der Waals surface area contributed by atoms with Crippen LogP contribution in [0, 0.1) is 11.8 Å². The Morgan fingerprint density at radius 2 is 2.14 bits per heavy atom. The second kappa shape index (κ2) is 6.41. The van der Waals surface area contributed by atoms with E-state index in [1.165, 1.54) is 25.7 Å². The highest BCUT2D eigenvalue weighted by atomic mass is 16.5. The van der Waals surface area contributed by atoms with Crippen LogP contribution in [0.3, 0.4) is 0 Å². The number of nitrogens with one attached hydrogen (secondary N) is 1. The minimum Gasteiger partial charge on any atom is -0.381 e. The molecule has 0 radical (unpaired) electrons. The smallest absolute Gasteiger partial charge is 0.0509 e. The van der Waals surface area contributed by atoms with E-state index in [1.54, 1.807) is 0 Å². The van der Waals surface area contributed by atoms with Gasteiger partial charge in [0.05, 0.1) is 6.61 Å². The molecule has 84 valence electrons. The van der Waals surface area contributed by atoms with Crippen molar-refractivity contribution in [3.8, 4) is 0 Å². The molecule has 0 amide bonds. The van der Waals surface area contributed by atoms with E-state index in [2.05, 4.69) is 26.2 Å². The van der Waals surface area contributed by atoms with Crippen molar-refractivity contribution < 1.29 is 4.74 Å². The summed E-state index contributed by atoms with van der Waals surface area (Å²) < 4.78 is 5.43. The zero-order valence-electron chi connectivity index (χ0n) is 9.88. The van der Waals surface area contributed by atoms with Gasteiger partial charge in [-0.1, -0.05) is 26.7 Å². The topological polar surface area (TPSA) is 21.3 Å². The lowest BCUT2D eigenvalue weighted by Crippen LogP contribution is -2.33. The molecule has 2 nitrogen and oxygen atoms in total. The first-order valence-corrected chi connectivity index (χ1v) is 5.99. The largest absolute Gasteiger partial charge is 0.381 e. The van der Waals surface area contributed by atoms with Gasteiger partial charge in [-0.15, -0.1) is 0 Å². The Kier molecular flexibility index (Phi) is 5.49. The molecule has 1 aliphatic heterocycles. The normalized spacial score (nSPS) is 24.4. The summed E-state index contributed by atoms with van der Waals surface area (Å²) in [5, 5.41) is 3.44. The van der Waals surface area contributed by atoms with E-state index < -0.39 is 0 Å². The Labute approximate surface area is 88.4 Å².